The highest BCUT2D eigenvalue weighted by atomic mass is 16.4. The van der Waals surface area contributed by atoms with Gasteiger partial charge in [0.1, 0.15) is 0 Å². The average Bonchev–Trinajstić information content (AvgIpc) is 2.40. The highest BCUT2D eigenvalue weighted by Crippen LogP contribution is 2.54. The molecule has 2 atom stereocenters. The Hall–Kier alpha value is -0.530. The SMILES string of the molecule is O=C(O)C1C[C@H]2C[C@@H]2C1. The van der Waals surface area contributed by atoms with Gasteiger partial charge in [-0.1, -0.05) is 0 Å². The molecule has 9 heavy (non-hydrogen) atoms. The Bertz CT molecular complexity index is 143. The third-order valence-corrected chi connectivity index (χ3v) is 2.59. The van der Waals surface area contributed by atoms with E-state index in [1.165, 1.54) is 6.42 Å². The fraction of sp³-hybridized carbons (Fsp3) is 0.857. The van der Waals surface area contributed by atoms with Crippen molar-refractivity contribution in [1.82, 2.24) is 0 Å². The van der Waals surface area contributed by atoms with Gasteiger partial charge in [0, 0.05) is 0 Å². The maximum absolute atomic E-state index is 10.4. The van der Waals surface area contributed by atoms with E-state index in [0.29, 0.717) is 0 Å². The maximum atomic E-state index is 10.4. The van der Waals surface area contributed by atoms with Gasteiger partial charge in [0.25, 0.3) is 0 Å². The molecule has 0 unspecified atom stereocenters. The van der Waals surface area contributed by atoms with E-state index < -0.39 is 5.97 Å². The van der Waals surface area contributed by atoms with Crippen molar-refractivity contribution in [3.05, 3.63) is 0 Å². The smallest absolute Gasteiger partial charge is 0.306 e. The third kappa shape index (κ3) is 0.732. The molecular formula is C7H10O2. The monoisotopic (exact) mass is 126 g/mol. The molecule has 0 heterocycles. The lowest BCUT2D eigenvalue weighted by molar-refractivity contribution is -0.141. The van der Waals surface area contributed by atoms with E-state index >= 15 is 0 Å². The largest absolute Gasteiger partial charge is 0.481 e. The Balaban J connectivity index is 1.97. The number of carboxylic acid groups (broad SMARTS) is 1. The number of hydrogen-bond donors (Lipinski definition) is 1. The predicted molar refractivity (Wildman–Crippen MR) is 32.0 cm³/mol. The van der Waals surface area contributed by atoms with Gasteiger partial charge in [-0.25, -0.2) is 0 Å². The van der Waals surface area contributed by atoms with Crippen LogP contribution in [0.1, 0.15) is 19.3 Å². The minimum atomic E-state index is -0.581. The lowest BCUT2D eigenvalue weighted by atomic mass is 10.0. The molecule has 2 saturated carbocycles. The fourth-order valence-corrected chi connectivity index (χ4v) is 1.92. The molecule has 0 aromatic carbocycles. The van der Waals surface area contributed by atoms with Crippen LogP contribution >= 0.6 is 0 Å². The summed E-state index contributed by atoms with van der Waals surface area (Å²) in [6.45, 7) is 0. The zero-order valence-corrected chi connectivity index (χ0v) is 5.21. The molecule has 0 bridgehead atoms. The Morgan fingerprint density at radius 1 is 1.22 bits per heavy atom. The second-order valence-electron chi connectivity index (χ2n) is 3.26. The Labute approximate surface area is 53.9 Å². The minimum absolute atomic E-state index is 0.00810. The summed E-state index contributed by atoms with van der Waals surface area (Å²) in [6, 6.07) is 0. The van der Waals surface area contributed by atoms with E-state index in [4.69, 9.17) is 5.11 Å². The van der Waals surface area contributed by atoms with Gasteiger partial charge >= 0.3 is 5.97 Å². The second kappa shape index (κ2) is 1.49. The molecule has 0 aliphatic heterocycles. The number of fused-ring (bicyclic) bond motifs is 1. The van der Waals surface area contributed by atoms with E-state index in [2.05, 4.69) is 0 Å². The lowest BCUT2D eigenvalue weighted by Gasteiger charge is -2.02. The molecular weight excluding hydrogens is 116 g/mol. The van der Waals surface area contributed by atoms with Crippen molar-refractivity contribution in [3.8, 4) is 0 Å². The average molecular weight is 126 g/mol. The van der Waals surface area contributed by atoms with Crippen molar-refractivity contribution in [1.29, 1.82) is 0 Å². The van der Waals surface area contributed by atoms with Gasteiger partial charge in [0.15, 0.2) is 0 Å². The first kappa shape index (κ1) is 5.27. The van der Waals surface area contributed by atoms with Crippen LogP contribution in [0.25, 0.3) is 0 Å². The van der Waals surface area contributed by atoms with E-state index in [-0.39, 0.29) is 5.92 Å². The quantitative estimate of drug-likeness (QED) is 0.571. The molecule has 2 nitrogen and oxygen atoms in total. The fourth-order valence-electron chi connectivity index (χ4n) is 1.92. The number of carboxylic acids is 1. The summed E-state index contributed by atoms with van der Waals surface area (Å²) in [6.07, 6.45) is 3.23. The van der Waals surface area contributed by atoms with E-state index in [1.54, 1.807) is 0 Å². The van der Waals surface area contributed by atoms with E-state index in [1.807, 2.05) is 0 Å². The zero-order chi connectivity index (χ0) is 6.43. The molecule has 0 radical (unpaired) electrons. The zero-order valence-electron chi connectivity index (χ0n) is 5.21. The molecule has 2 heteroatoms. The Morgan fingerprint density at radius 2 is 1.78 bits per heavy atom. The van der Waals surface area contributed by atoms with Gasteiger partial charge in [0.05, 0.1) is 5.92 Å². The summed E-state index contributed by atoms with van der Waals surface area (Å²) < 4.78 is 0. The van der Waals surface area contributed by atoms with Crippen molar-refractivity contribution in [3.63, 3.8) is 0 Å². The molecule has 0 aromatic rings. The second-order valence-corrected chi connectivity index (χ2v) is 3.26. The van der Waals surface area contributed by atoms with Gasteiger partial charge in [-0.2, -0.15) is 0 Å². The molecule has 50 valence electrons. The molecule has 2 fully saturated rings. The van der Waals surface area contributed by atoms with Crippen LogP contribution in [0.15, 0.2) is 0 Å². The Kier molecular flexibility index (Phi) is 0.875. The molecule has 2 aliphatic carbocycles. The first-order valence-corrected chi connectivity index (χ1v) is 3.50. The lowest BCUT2D eigenvalue weighted by Crippen LogP contribution is -2.10. The first-order chi connectivity index (χ1) is 4.27. The van der Waals surface area contributed by atoms with Crippen LogP contribution in [-0.4, -0.2) is 11.1 Å². The summed E-state index contributed by atoms with van der Waals surface area (Å²) in [5.74, 6) is 1.02. The van der Waals surface area contributed by atoms with Gasteiger partial charge in [-0.3, -0.25) is 4.79 Å². The highest BCUT2D eigenvalue weighted by Gasteiger charge is 2.47. The summed E-state index contributed by atoms with van der Waals surface area (Å²) in [7, 11) is 0. The molecule has 2 aliphatic rings. The van der Waals surface area contributed by atoms with Crippen LogP contribution in [0.4, 0.5) is 0 Å². The number of aliphatic carboxylic acids is 1. The van der Waals surface area contributed by atoms with E-state index in [0.717, 1.165) is 24.7 Å². The highest BCUT2D eigenvalue weighted by molar-refractivity contribution is 5.70. The van der Waals surface area contributed by atoms with Crippen molar-refractivity contribution in [2.75, 3.05) is 0 Å². The van der Waals surface area contributed by atoms with Crippen LogP contribution in [-0.2, 0) is 4.79 Å². The van der Waals surface area contributed by atoms with Crippen LogP contribution in [0, 0.1) is 17.8 Å². The summed E-state index contributed by atoms with van der Waals surface area (Å²) in [4.78, 5) is 10.4. The maximum Gasteiger partial charge on any atom is 0.306 e. The van der Waals surface area contributed by atoms with Gasteiger partial charge in [-0.05, 0) is 31.1 Å². The topological polar surface area (TPSA) is 37.3 Å². The van der Waals surface area contributed by atoms with Crippen LogP contribution in [0.5, 0.6) is 0 Å². The Morgan fingerprint density at radius 3 is 2.11 bits per heavy atom. The molecule has 0 spiro atoms. The number of rotatable bonds is 1. The van der Waals surface area contributed by atoms with E-state index in [9.17, 15) is 4.79 Å². The number of hydrogen-bond acceptors (Lipinski definition) is 1. The van der Waals surface area contributed by atoms with Crippen LogP contribution in [0.2, 0.25) is 0 Å². The standard InChI is InChI=1S/C7H10O2/c8-7(9)6-2-4-1-5(4)3-6/h4-6H,1-3H2,(H,8,9)/t4-,5-/m1/s1. The van der Waals surface area contributed by atoms with Crippen molar-refractivity contribution >= 4 is 5.97 Å². The minimum Gasteiger partial charge on any atom is -0.481 e. The third-order valence-electron chi connectivity index (χ3n) is 2.59. The molecule has 0 aromatic heterocycles. The van der Waals surface area contributed by atoms with Crippen LogP contribution < -0.4 is 0 Å². The molecule has 0 saturated heterocycles. The summed E-state index contributed by atoms with van der Waals surface area (Å²) >= 11 is 0. The first-order valence-electron chi connectivity index (χ1n) is 3.50. The van der Waals surface area contributed by atoms with Crippen molar-refractivity contribution < 1.29 is 9.90 Å². The van der Waals surface area contributed by atoms with Gasteiger partial charge in [0.2, 0.25) is 0 Å². The molecule has 0 amide bonds. The normalized spacial score (nSPS) is 40.4. The van der Waals surface area contributed by atoms with Gasteiger partial charge in [-0.15, -0.1) is 0 Å². The number of carbonyl (C=O) groups is 1. The molecule has 2 rings (SSSR count). The van der Waals surface area contributed by atoms with Crippen molar-refractivity contribution in [2.45, 2.75) is 19.3 Å². The summed E-state index contributed by atoms with van der Waals surface area (Å²) in [5, 5.41) is 8.55. The predicted octanol–water partition coefficient (Wildman–Crippen LogP) is 1.12. The van der Waals surface area contributed by atoms with Crippen LogP contribution in [0.3, 0.4) is 0 Å². The summed E-state index contributed by atoms with van der Waals surface area (Å²) in [5.41, 5.74) is 0. The van der Waals surface area contributed by atoms with Crippen molar-refractivity contribution in [2.24, 2.45) is 17.8 Å². The van der Waals surface area contributed by atoms with Gasteiger partial charge < -0.3 is 5.11 Å². The molecule has 1 N–H and O–H groups in total.